The van der Waals surface area contributed by atoms with Gasteiger partial charge in [-0.05, 0) is 117 Å². The van der Waals surface area contributed by atoms with Gasteiger partial charge in [0.15, 0.2) is 37.7 Å². The fourth-order valence-electron chi connectivity index (χ4n) is 18.8. The summed E-state index contributed by atoms with van der Waals surface area (Å²) in [6.07, 6.45) is -39.6. The molecule has 30 heteroatoms. The Labute approximate surface area is 545 Å². The molecule has 0 aromatic rings. The van der Waals surface area contributed by atoms with E-state index in [4.69, 9.17) is 56.8 Å². The smallest absolute Gasteiger partial charge is 0.310 e. The molecule has 0 aromatic heterocycles. The van der Waals surface area contributed by atoms with Crippen molar-refractivity contribution in [3.63, 3.8) is 0 Å². The van der Waals surface area contributed by atoms with Crippen LogP contribution in [0.5, 0.6) is 0 Å². The first-order valence-corrected chi connectivity index (χ1v) is 33.5. The van der Waals surface area contributed by atoms with E-state index in [1.165, 1.54) is 19.4 Å². The normalized spacial score (nSPS) is 55.3. The van der Waals surface area contributed by atoms with Crippen LogP contribution in [0.25, 0.3) is 0 Å². The first-order chi connectivity index (χ1) is 44.1. The maximum absolute atomic E-state index is 13.3. The Morgan fingerprint density at radius 3 is 1.79 bits per heavy atom. The van der Waals surface area contributed by atoms with Gasteiger partial charge >= 0.3 is 5.97 Å². The molecule has 0 radical (unpaired) electrons. The summed E-state index contributed by atoms with van der Waals surface area (Å²) in [4.78, 5) is 13.3. The van der Waals surface area contributed by atoms with Crippen molar-refractivity contribution in [3.05, 3.63) is 11.6 Å². The van der Waals surface area contributed by atoms with Crippen molar-refractivity contribution < 1.29 is 148 Å². The predicted octanol–water partition coefficient (Wildman–Crippen LogP) is -3.52. The molecule has 11 rings (SSSR count). The largest absolute Gasteiger partial charge is 0.481 e. The second kappa shape index (κ2) is 27.5. The molecule has 37 unspecified atom stereocenters. The van der Waals surface area contributed by atoms with Gasteiger partial charge in [-0.15, -0.1) is 0 Å². The standard InChI is InChI=1S/C64H104O30/c1-25-36(68)42(74)46(78)52(86-25)84-22-31-40(72)44(76)51(94-54-47(79)43(75)39(71)30(20-65)88-54)57(89-31)90-32-23-85-53(45(77)41(32)73)92-49-37(69)26(2)87-55(48(49)80)93-50-38(70)29(67)21-83-56(50)91-35-12-13-60(5)33(61(35,6)24-66)11-14-63(8)34(60)10-9-27-28-19-59(3,4)15-17-64(28,58(81)82)18-16-62(27,63)7/h9,25-26,28-57,65-80H,10-24H2,1-8H3,(H,81,82). The number of aliphatic hydroxyl groups is 16. The lowest BCUT2D eigenvalue weighted by atomic mass is 9.33. The van der Waals surface area contributed by atoms with Crippen LogP contribution in [0.1, 0.15) is 120 Å². The Bertz CT molecular complexity index is 2640. The van der Waals surface area contributed by atoms with Crippen LogP contribution in [-0.2, 0) is 61.6 Å². The van der Waals surface area contributed by atoms with Crippen LogP contribution in [0, 0.1) is 50.2 Å². The molecule has 6 saturated heterocycles. The molecule has 0 spiro atoms. The van der Waals surface area contributed by atoms with E-state index in [0.717, 1.165) is 38.5 Å². The van der Waals surface area contributed by atoms with Crippen molar-refractivity contribution in [2.75, 3.05) is 33.0 Å². The van der Waals surface area contributed by atoms with Crippen molar-refractivity contribution in [3.8, 4) is 0 Å². The Morgan fingerprint density at radius 1 is 0.521 bits per heavy atom. The molecule has 17 N–H and O–H groups in total. The van der Waals surface area contributed by atoms with Gasteiger partial charge in [0.1, 0.15) is 122 Å². The van der Waals surface area contributed by atoms with E-state index in [1.54, 1.807) is 0 Å². The molecule has 0 bridgehead atoms. The number of allylic oxidation sites excluding steroid dienone is 2. The molecule has 11 aliphatic rings. The molecule has 5 aliphatic carbocycles. The molecule has 4 saturated carbocycles. The highest BCUT2D eigenvalue weighted by atomic mass is 16.8. The lowest BCUT2D eigenvalue weighted by Crippen LogP contribution is -2.67. The third-order valence-electron chi connectivity index (χ3n) is 25.0. The summed E-state index contributed by atoms with van der Waals surface area (Å²) in [5.41, 5.74) is -1.05. The van der Waals surface area contributed by atoms with E-state index in [2.05, 4.69) is 40.7 Å². The van der Waals surface area contributed by atoms with Crippen LogP contribution in [0.3, 0.4) is 0 Å². The molecule has 0 aromatic carbocycles. The van der Waals surface area contributed by atoms with Crippen LogP contribution in [0.2, 0.25) is 0 Å². The van der Waals surface area contributed by atoms with Crippen LogP contribution in [0.4, 0.5) is 0 Å². The summed E-state index contributed by atoms with van der Waals surface area (Å²) in [6, 6.07) is 0. The fraction of sp³-hybridized carbons (Fsp3) is 0.953. The highest BCUT2D eigenvalue weighted by Crippen LogP contribution is 2.76. The monoisotopic (exact) mass is 1350 g/mol. The number of aliphatic hydroxyl groups excluding tert-OH is 16. The first kappa shape index (κ1) is 73.3. The number of fused-ring (bicyclic) bond motifs is 7. The van der Waals surface area contributed by atoms with Gasteiger partial charge in [-0.3, -0.25) is 4.79 Å². The molecule has 6 aliphatic heterocycles. The van der Waals surface area contributed by atoms with E-state index in [1.807, 2.05) is 6.92 Å². The predicted molar refractivity (Wildman–Crippen MR) is 315 cm³/mol. The Morgan fingerprint density at radius 2 is 1.11 bits per heavy atom. The number of hydrogen-bond acceptors (Lipinski definition) is 29. The molecule has 94 heavy (non-hydrogen) atoms. The maximum Gasteiger partial charge on any atom is 0.310 e. The average Bonchev–Trinajstić information content (AvgIpc) is 0.675. The summed E-state index contributed by atoms with van der Waals surface area (Å²) in [7, 11) is 0. The summed E-state index contributed by atoms with van der Waals surface area (Å²) in [5, 5.41) is 188. The topological polar surface area (TPSA) is 472 Å². The number of rotatable bonds is 16. The molecule has 540 valence electrons. The van der Waals surface area contributed by atoms with Gasteiger partial charge < -0.3 is 144 Å². The maximum atomic E-state index is 13.3. The summed E-state index contributed by atoms with van der Waals surface area (Å²) in [6.45, 7) is 13.5. The summed E-state index contributed by atoms with van der Waals surface area (Å²) >= 11 is 0. The summed E-state index contributed by atoms with van der Waals surface area (Å²) in [5.74, 6) is -0.626. The Hall–Kier alpha value is -1.91. The average molecular weight is 1350 g/mol. The van der Waals surface area contributed by atoms with Crippen LogP contribution in [-0.4, -0.2) is 304 Å². The van der Waals surface area contributed by atoms with E-state index in [-0.39, 0.29) is 52.6 Å². The molecule has 10 fully saturated rings. The summed E-state index contributed by atoms with van der Waals surface area (Å²) < 4.78 is 71.6. The number of carboxylic acids is 1. The molecule has 6 heterocycles. The van der Waals surface area contributed by atoms with E-state index in [9.17, 15) is 91.6 Å². The minimum Gasteiger partial charge on any atom is -0.481 e. The van der Waals surface area contributed by atoms with Gasteiger partial charge in [-0.2, -0.15) is 0 Å². The second-order valence-electron chi connectivity index (χ2n) is 30.9. The number of hydrogen-bond donors (Lipinski definition) is 17. The lowest BCUT2D eigenvalue weighted by Gasteiger charge is -2.71. The van der Waals surface area contributed by atoms with Crippen LogP contribution < -0.4 is 0 Å². The third kappa shape index (κ3) is 12.5. The van der Waals surface area contributed by atoms with Gasteiger partial charge in [-0.1, -0.05) is 53.2 Å². The zero-order valence-corrected chi connectivity index (χ0v) is 54.6. The van der Waals surface area contributed by atoms with Crippen molar-refractivity contribution in [2.24, 2.45) is 50.2 Å². The minimum atomic E-state index is -2.09. The Kier molecular flexibility index (Phi) is 21.4. The van der Waals surface area contributed by atoms with Crippen LogP contribution in [0.15, 0.2) is 11.6 Å². The second-order valence-corrected chi connectivity index (χ2v) is 30.9. The quantitative estimate of drug-likeness (QED) is 0.0526. The van der Waals surface area contributed by atoms with Crippen LogP contribution >= 0.6 is 0 Å². The molecule has 30 nitrogen and oxygen atoms in total. The first-order valence-electron chi connectivity index (χ1n) is 33.5. The highest BCUT2D eigenvalue weighted by molar-refractivity contribution is 5.76. The van der Waals surface area contributed by atoms with Gasteiger partial charge in [0.25, 0.3) is 0 Å². The van der Waals surface area contributed by atoms with Gasteiger partial charge in [0.05, 0.1) is 56.8 Å². The fourth-order valence-corrected chi connectivity index (χ4v) is 18.8. The van der Waals surface area contributed by atoms with Crippen molar-refractivity contribution in [2.45, 2.75) is 298 Å². The molecule has 0 amide bonds. The van der Waals surface area contributed by atoms with E-state index < -0.39 is 215 Å². The number of carbonyl (C=O) groups is 1. The van der Waals surface area contributed by atoms with Gasteiger partial charge in [0.2, 0.25) is 0 Å². The molecular weight excluding hydrogens is 1250 g/mol. The molecular formula is C64H104O30. The lowest BCUT2D eigenvalue weighted by molar-refractivity contribution is -0.393. The van der Waals surface area contributed by atoms with Crippen molar-refractivity contribution in [1.29, 1.82) is 0 Å². The SMILES string of the molecule is CC1OC(OCC2OC(OC3COC(OC4C(O)C(C)OC(OC5C(OC6CCC7(C)C(CCC8(C)C7CC=C7C9CC(C)(C)CCC9(C(=O)O)CCC78C)C6(C)CO)OCC(O)C5O)C4O)C(O)C3O)C(OC3OC(CO)C(O)C(O)C3O)C(O)C2O)C(O)C(O)C1O. The Balaban J connectivity index is 0.761. The van der Waals surface area contributed by atoms with Crippen molar-refractivity contribution >= 4 is 5.97 Å². The zero-order chi connectivity index (χ0) is 68.4. The zero-order valence-electron chi connectivity index (χ0n) is 54.6. The third-order valence-corrected chi connectivity index (χ3v) is 25.0. The van der Waals surface area contributed by atoms with Gasteiger partial charge in [-0.25, -0.2) is 0 Å². The highest BCUT2D eigenvalue weighted by Gasteiger charge is 2.71. The minimum absolute atomic E-state index is 0.0110. The number of carboxylic acid groups (broad SMARTS) is 1. The van der Waals surface area contributed by atoms with Crippen molar-refractivity contribution in [1.82, 2.24) is 0 Å². The number of ether oxygens (including phenoxy) is 12. The number of aliphatic carboxylic acids is 1. The van der Waals surface area contributed by atoms with Gasteiger partial charge in [0, 0.05) is 5.41 Å². The molecule has 37 atom stereocenters. The van der Waals surface area contributed by atoms with E-state index in [0.29, 0.717) is 25.7 Å². The van der Waals surface area contributed by atoms with E-state index >= 15 is 0 Å².